The van der Waals surface area contributed by atoms with Crippen molar-refractivity contribution in [2.45, 2.75) is 32.3 Å². The summed E-state index contributed by atoms with van der Waals surface area (Å²) in [5, 5.41) is 25.6. The first-order valence-corrected chi connectivity index (χ1v) is 7.16. The maximum Gasteiger partial charge on any atom is 0.334 e. The Kier molecular flexibility index (Phi) is 3.16. The molecule has 0 aromatic carbocycles. The van der Waals surface area contributed by atoms with Gasteiger partial charge in [-0.1, -0.05) is 6.92 Å². The van der Waals surface area contributed by atoms with Crippen LogP contribution in [-0.4, -0.2) is 39.0 Å². The van der Waals surface area contributed by atoms with Gasteiger partial charge in [-0.05, 0) is 25.2 Å². The number of nitro groups is 1. The summed E-state index contributed by atoms with van der Waals surface area (Å²) in [6.07, 6.45) is 2.15. The molecule has 1 N–H and O–H groups in total. The fraction of sp³-hybridized carbons (Fsp3) is 0.769. The molecule has 20 heavy (non-hydrogen) atoms. The lowest BCUT2D eigenvalue weighted by atomic mass is 10.00. The largest absolute Gasteiger partial charge is 0.393 e. The quantitative estimate of drug-likeness (QED) is 0.662. The molecule has 1 saturated heterocycles. The maximum atomic E-state index is 11.4. The van der Waals surface area contributed by atoms with E-state index < -0.39 is 0 Å². The molecule has 3 atom stereocenters. The van der Waals surface area contributed by atoms with Gasteiger partial charge < -0.3 is 10.0 Å². The molecule has 0 bridgehead atoms. The van der Waals surface area contributed by atoms with Gasteiger partial charge in [0, 0.05) is 26.1 Å². The predicted molar refractivity (Wildman–Crippen MR) is 73.7 cm³/mol. The Morgan fingerprint density at radius 1 is 1.45 bits per heavy atom. The third-order valence-corrected chi connectivity index (χ3v) is 4.70. The van der Waals surface area contributed by atoms with Crippen molar-refractivity contribution in [2.75, 3.05) is 18.0 Å². The third kappa shape index (κ3) is 1.88. The van der Waals surface area contributed by atoms with Crippen molar-refractivity contribution in [2.24, 2.45) is 18.9 Å². The van der Waals surface area contributed by atoms with Crippen molar-refractivity contribution >= 4 is 11.5 Å². The van der Waals surface area contributed by atoms with E-state index in [1.165, 1.54) is 0 Å². The molecule has 110 valence electrons. The standard InChI is InChI=1S/C13H20N4O3/c1-3-10-12(17(19)20)13(15(2)14-10)16-6-8-4-5-11(18)9(8)7-16/h8-9,11,18H,3-7H2,1-2H3. The summed E-state index contributed by atoms with van der Waals surface area (Å²) in [5.41, 5.74) is 0.662. The van der Waals surface area contributed by atoms with Gasteiger partial charge in [-0.3, -0.25) is 10.1 Å². The van der Waals surface area contributed by atoms with Crippen molar-refractivity contribution in [3.63, 3.8) is 0 Å². The average molecular weight is 280 g/mol. The van der Waals surface area contributed by atoms with Gasteiger partial charge >= 0.3 is 5.69 Å². The van der Waals surface area contributed by atoms with Gasteiger partial charge in [0.05, 0.1) is 11.0 Å². The predicted octanol–water partition coefficient (Wildman–Crippen LogP) is 1.10. The molecule has 3 rings (SSSR count). The van der Waals surface area contributed by atoms with E-state index in [1.807, 2.05) is 11.8 Å². The Morgan fingerprint density at radius 2 is 2.20 bits per heavy atom. The van der Waals surface area contributed by atoms with Crippen LogP contribution in [0.25, 0.3) is 0 Å². The van der Waals surface area contributed by atoms with Crippen LogP contribution in [-0.2, 0) is 13.5 Å². The fourth-order valence-electron chi connectivity index (χ4n) is 3.75. The lowest BCUT2D eigenvalue weighted by molar-refractivity contribution is -0.384. The summed E-state index contributed by atoms with van der Waals surface area (Å²) in [6, 6.07) is 0. The van der Waals surface area contributed by atoms with Crippen LogP contribution in [0.1, 0.15) is 25.5 Å². The number of hydrogen-bond donors (Lipinski definition) is 1. The zero-order valence-corrected chi connectivity index (χ0v) is 11.8. The summed E-state index contributed by atoms with van der Waals surface area (Å²) in [5.74, 6) is 1.28. The maximum absolute atomic E-state index is 11.4. The van der Waals surface area contributed by atoms with Gasteiger partial charge in [0.15, 0.2) is 0 Å². The first-order chi connectivity index (χ1) is 9.52. The van der Waals surface area contributed by atoms with E-state index >= 15 is 0 Å². The molecular weight excluding hydrogens is 260 g/mol. The number of fused-ring (bicyclic) bond motifs is 1. The Morgan fingerprint density at radius 3 is 2.80 bits per heavy atom. The SMILES string of the molecule is CCc1nn(C)c(N2CC3CCC(O)C3C2)c1[N+](=O)[O-]. The van der Waals surface area contributed by atoms with E-state index in [4.69, 9.17) is 0 Å². The number of aryl methyl sites for hydroxylation is 2. The fourth-order valence-corrected chi connectivity index (χ4v) is 3.75. The van der Waals surface area contributed by atoms with E-state index in [2.05, 4.69) is 5.10 Å². The minimum absolute atomic E-state index is 0.129. The lowest BCUT2D eigenvalue weighted by Gasteiger charge is -2.19. The van der Waals surface area contributed by atoms with Gasteiger partial charge in [-0.15, -0.1) is 0 Å². The van der Waals surface area contributed by atoms with E-state index in [0.717, 1.165) is 19.4 Å². The van der Waals surface area contributed by atoms with Crippen LogP contribution in [0.3, 0.4) is 0 Å². The highest BCUT2D eigenvalue weighted by atomic mass is 16.6. The van der Waals surface area contributed by atoms with E-state index in [0.29, 0.717) is 30.4 Å². The summed E-state index contributed by atoms with van der Waals surface area (Å²) in [6.45, 7) is 3.35. The molecule has 7 heteroatoms. The number of aliphatic hydroxyl groups excluding tert-OH is 1. The second kappa shape index (κ2) is 4.73. The van der Waals surface area contributed by atoms with Gasteiger partial charge in [0.25, 0.3) is 0 Å². The highest BCUT2D eigenvalue weighted by Crippen LogP contribution is 2.42. The van der Waals surface area contributed by atoms with Gasteiger partial charge in [0.2, 0.25) is 5.82 Å². The summed E-state index contributed by atoms with van der Waals surface area (Å²) in [7, 11) is 1.76. The number of aromatic nitrogens is 2. The van der Waals surface area contributed by atoms with Crippen molar-refractivity contribution in [3.05, 3.63) is 15.8 Å². The van der Waals surface area contributed by atoms with E-state index in [-0.39, 0.29) is 22.6 Å². The van der Waals surface area contributed by atoms with Gasteiger partial charge in [-0.2, -0.15) is 5.10 Å². The van der Waals surface area contributed by atoms with Crippen LogP contribution in [0.5, 0.6) is 0 Å². The van der Waals surface area contributed by atoms with Crippen LogP contribution < -0.4 is 4.90 Å². The molecule has 2 fully saturated rings. The van der Waals surface area contributed by atoms with Crippen LogP contribution in [0.2, 0.25) is 0 Å². The minimum Gasteiger partial charge on any atom is -0.393 e. The monoisotopic (exact) mass is 280 g/mol. The van der Waals surface area contributed by atoms with Crippen molar-refractivity contribution < 1.29 is 10.0 Å². The Labute approximate surface area is 117 Å². The Bertz CT molecular complexity index is 542. The molecule has 1 aliphatic heterocycles. The number of rotatable bonds is 3. The second-order valence-electron chi connectivity index (χ2n) is 5.83. The van der Waals surface area contributed by atoms with Crippen LogP contribution >= 0.6 is 0 Å². The molecule has 0 spiro atoms. The Hall–Kier alpha value is -1.63. The third-order valence-electron chi connectivity index (χ3n) is 4.70. The molecule has 7 nitrogen and oxygen atoms in total. The molecule has 1 aliphatic carbocycles. The number of anilines is 1. The molecule has 2 heterocycles. The van der Waals surface area contributed by atoms with Crippen molar-refractivity contribution in [1.29, 1.82) is 0 Å². The van der Waals surface area contributed by atoms with Crippen molar-refractivity contribution in [3.8, 4) is 0 Å². The highest BCUT2D eigenvalue weighted by Gasteiger charge is 2.44. The second-order valence-corrected chi connectivity index (χ2v) is 5.83. The molecule has 2 aliphatic rings. The minimum atomic E-state index is -0.328. The van der Waals surface area contributed by atoms with E-state index in [9.17, 15) is 15.2 Å². The van der Waals surface area contributed by atoms with Gasteiger partial charge in [-0.25, -0.2) is 4.68 Å². The highest BCUT2D eigenvalue weighted by molar-refractivity contribution is 5.62. The van der Waals surface area contributed by atoms with E-state index in [1.54, 1.807) is 11.7 Å². The summed E-state index contributed by atoms with van der Waals surface area (Å²) < 4.78 is 1.62. The van der Waals surface area contributed by atoms with Gasteiger partial charge in [0.1, 0.15) is 5.69 Å². The molecule has 1 saturated carbocycles. The Balaban J connectivity index is 1.95. The smallest absolute Gasteiger partial charge is 0.334 e. The molecule has 1 aromatic rings. The molecule has 0 radical (unpaired) electrons. The zero-order valence-electron chi connectivity index (χ0n) is 11.8. The summed E-state index contributed by atoms with van der Waals surface area (Å²) in [4.78, 5) is 13.1. The van der Waals surface area contributed by atoms with Crippen LogP contribution in [0.15, 0.2) is 0 Å². The zero-order chi connectivity index (χ0) is 14.4. The topological polar surface area (TPSA) is 84.4 Å². The van der Waals surface area contributed by atoms with Crippen molar-refractivity contribution in [1.82, 2.24) is 9.78 Å². The molecule has 0 amide bonds. The molecule has 3 unspecified atom stereocenters. The summed E-state index contributed by atoms with van der Waals surface area (Å²) >= 11 is 0. The average Bonchev–Trinajstić information content (AvgIpc) is 3.03. The van der Waals surface area contributed by atoms with Crippen LogP contribution in [0, 0.1) is 22.0 Å². The first kappa shape index (κ1) is 13.4. The normalized spacial score (nSPS) is 28.9. The number of hydrogen-bond acceptors (Lipinski definition) is 5. The number of aliphatic hydroxyl groups is 1. The number of nitrogens with zero attached hydrogens (tertiary/aromatic N) is 4. The lowest BCUT2D eigenvalue weighted by Crippen LogP contribution is -2.26. The van der Waals surface area contributed by atoms with Crippen LogP contribution in [0.4, 0.5) is 11.5 Å². The first-order valence-electron chi connectivity index (χ1n) is 7.16. The molecule has 1 aromatic heterocycles. The molecular formula is C13H20N4O3.